The summed E-state index contributed by atoms with van der Waals surface area (Å²) < 4.78 is 83.9. The van der Waals surface area contributed by atoms with Crippen molar-refractivity contribution in [2.24, 2.45) is 0 Å². The van der Waals surface area contributed by atoms with Gasteiger partial charge in [-0.25, -0.2) is 4.79 Å². The van der Waals surface area contributed by atoms with E-state index >= 15 is 0 Å². The van der Waals surface area contributed by atoms with E-state index in [2.05, 4.69) is 6.92 Å². The number of esters is 1. The molecule has 0 aliphatic carbocycles. The lowest BCUT2D eigenvalue weighted by atomic mass is 10.0. The minimum atomic E-state index is -4.96. The smallest absolute Gasteiger partial charge is 0.417 e. The highest BCUT2D eigenvalue weighted by atomic mass is 19.4. The Balaban J connectivity index is 3.01. The monoisotopic (exact) mass is 440 g/mol. The minimum absolute atomic E-state index is 0.232. The first-order valence-electron chi connectivity index (χ1n) is 10.5. The zero-order chi connectivity index (χ0) is 22.8. The van der Waals surface area contributed by atoms with Crippen LogP contribution in [0.2, 0.25) is 0 Å². The molecule has 1 rings (SSSR count). The van der Waals surface area contributed by atoms with Gasteiger partial charge in [0.2, 0.25) is 0 Å². The van der Waals surface area contributed by atoms with Gasteiger partial charge in [-0.05, 0) is 43.9 Å². The summed E-state index contributed by atoms with van der Waals surface area (Å²) in [5, 5.41) is 0. The molecule has 1 atom stereocenters. The molecular weight excluding hydrogens is 410 g/mol. The Morgan fingerprint density at radius 2 is 1.37 bits per heavy atom. The third-order valence-electron chi connectivity index (χ3n) is 4.91. The van der Waals surface area contributed by atoms with Gasteiger partial charge in [0.15, 0.2) is 0 Å². The molecule has 0 amide bonds. The molecule has 0 heterocycles. The predicted molar refractivity (Wildman–Crippen MR) is 103 cm³/mol. The highest BCUT2D eigenvalue weighted by Gasteiger charge is 2.39. The molecule has 0 aliphatic heterocycles. The number of hydrogen-bond donors (Lipinski definition) is 0. The van der Waals surface area contributed by atoms with Gasteiger partial charge in [0.25, 0.3) is 0 Å². The van der Waals surface area contributed by atoms with Crippen LogP contribution in [0.1, 0.15) is 99.5 Å². The Kier molecular flexibility index (Phi) is 10.7. The van der Waals surface area contributed by atoms with E-state index in [1.807, 2.05) is 6.92 Å². The highest BCUT2D eigenvalue weighted by Crippen LogP contribution is 2.37. The SMILES string of the molecule is CCCCCCCC(CCCCC)OC(=O)c1cc(C(F)(F)F)ccc1C(F)(F)F. The summed E-state index contributed by atoms with van der Waals surface area (Å²) in [6, 6.07) is 0.845. The molecule has 0 bridgehead atoms. The number of rotatable bonds is 12. The summed E-state index contributed by atoms with van der Waals surface area (Å²) in [7, 11) is 0. The maximum Gasteiger partial charge on any atom is 0.417 e. The van der Waals surface area contributed by atoms with Crippen LogP contribution in [0.25, 0.3) is 0 Å². The zero-order valence-corrected chi connectivity index (χ0v) is 17.5. The Hall–Kier alpha value is -1.73. The van der Waals surface area contributed by atoms with Crippen LogP contribution in [0.15, 0.2) is 18.2 Å². The summed E-state index contributed by atoms with van der Waals surface area (Å²) in [5.41, 5.74) is -3.83. The van der Waals surface area contributed by atoms with Gasteiger partial charge < -0.3 is 4.74 Å². The number of unbranched alkanes of at least 4 members (excludes halogenated alkanes) is 6. The number of hydrogen-bond acceptors (Lipinski definition) is 2. The standard InChI is InChI=1S/C22H30F6O2/c1-3-5-7-8-10-12-17(11-9-6-4-2)30-20(29)18-15-16(21(23,24)25)13-14-19(18)22(26,27)28/h13-15,17H,3-12H2,1-2H3. The molecule has 30 heavy (non-hydrogen) atoms. The van der Waals surface area contributed by atoms with Crippen LogP contribution in [0.4, 0.5) is 26.3 Å². The molecule has 2 nitrogen and oxygen atoms in total. The number of benzene rings is 1. The van der Waals surface area contributed by atoms with Crippen molar-refractivity contribution in [3.05, 3.63) is 34.9 Å². The Morgan fingerprint density at radius 1 is 0.833 bits per heavy atom. The molecule has 172 valence electrons. The molecule has 0 radical (unpaired) electrons. The topological polar surface area (TPSA) is 26.3 Å². The third kappa shape index (κ3) is 8.96. The van der Waals surface area contributed by atoms with Crippen LogP contribution < -0.4 is 0 Å². The summed E-state index contributed by atoms with van der Waals surface area (Å²) in [5.74, 6) is -1.36. The van der Waals surface area contributed by atoms with Crippen molar-refractivity contribution in [2.45, 2.75) is 96.5 Å². The molecule has 0 aromatic heterocycles. The number of carbonyl (C=O) groups is 1. The molecule has 0 spiro atoms. The van der Waals surface area contributed by atoms with Crippen molar-refractivity contribution >= 4 is 5.97 Å². The van der Waals surface area contributed by atoms with Crippen LogP contribution in [-0.4, -0.2) is 12.1 Å². The van der Waals surface area contributed by atoms with Gasteiger partial charge >= 0.3 is 18.3 Å². The van der Waals surface area contributed by atoms with Crippen molar-refractivity contribution in [2.75, 3.05) is 0 Å². The molecule has 8 heteroatoms. The highest BCUT2D eigenvalue weighted by molar-refractivity contribution is 5.91. The van der Waals surface area contributed by atoms with Crippen LogP contribution in [0.3, 0.4) is 0 Å². The fourth-order valence-corrected chi connectivity index (χ4v) is 3.21. The first kappa shape index (κ1) is 26.3. The van der Waals surface area contributed by atoms with E-state index in [1.165, 1.54) is 0 Å². The molecule has 0 fully saturated rings. The van der Waals surface area contributed by atoms with Gasteiger partial charge in [-0.2, -0.15) is 26.3 Å². The molecule has 0 saturated heterocycles. The quantitative estimate of drug-likeness (QED) is 0.186. The maximum atomic E-state index is 13.3. The van der Waals surface area contributed by atoms with Gasteiger partial charge in [0.1, 0.15) is 6.10 Å². The lowest BCUT2D eigenvalue weighted by Crippen LogP contribution is -2.22. The second-order valence-corrected chi connectivity index (χ2v) is 7.48. The normalized spacial score (nSPS) is 13.3. The van der Waals surface area contributed by atoms with E-state index in [0.717, 1.165) is 51.4 Å². The second-order valence-electron chi connectivity index (χ2n) is 7.48. The van der Waals surface area contributed by atoms with E-state index in [-0.39, 0.29) is 12.1 Å². The van der Waals surface area contributed by atoms with Crippen LogP contribution in [-0.2, 0) is 17.1 Å². The summed E-state index contributed by atoms with van der Waals surface area (Å²) in [6.07, 6.45) is -2.14. The van der Waals surface area contributed by atoms with E-state index in [9.17, 15) is 31.1 Å². The fraction of sp³-hybridized carbons (Fsp3) is 0.682. The first-order valence-corrected chi connectivity index (χ1v) is 10.5. The summed E-state index contributed by atoms with van der Waals surface area (Å²) >= 11 is 0. The number of ether oxygens (including phenoxy) is 1. The molecule has 0 saturated carbocycles. The van der Waals surface area contributed by atoms with Crippen molar-refractivity contribution in [1.82, 2.24) is 0 Å². The van der Waals surface area contributed by atoms with Crippen molar-refractivity contribution < 1.29 is 35.9 Å². The summed E-state index contributed by atoms with van der Waals surface area (Å²) in [6.45, 7) is 4.06. The second kappa shape index (κ2) is 12.2. The lowest BCUT2D eigenvalue weighted by Gasteiger charge is -2.20. The van der Waals surface area contributed by atoms with Gasteiger partial charge in [-0.15, -0.1) is 0 Å². The van der Waals surface area contributed by atoms with E-state index in [0.29, 0.717) is 18.9 Å². The molecule has 0 N–H and O–H groups in total. The van der Waals surface area contributed by atoms with Crippen LogP contribution in [0.5, 0.6) is 0 Å². The van der Waals surface area contributed by atoms with Crippen LogP contribution >= 0.6 is 0 Å². The van der Waals surface area contributed by atoms with E-state index in [1.54, 1.807) is 0 Å². The largest absolute Gasteiger partial charge is 0.459 e. The van der Waals surface area contributed by atoms with Gasteiger partial charge in [-0.1, -0.05) is 52.4 Å². The summed E-state index contributed by atoms with van der Waals surface area (Å²) in [4.78, 5) is 12.5. The van der Waals surface area contributed by atoms with Gasteiger partial charge in [0, 0.05) is 0 Å². The van der Waals surface area contributed by atoms with Crippen molar-refractivity contribution in [3.8, 4) is 0 Å². The zero-order valence-electron chi connectivity index (χ0n) is 17.5. The minimum Gasteiger partial charge on any atom is -0.459 e. The Labute approximate surface area is 174 Å². The molecule has 1 aromatic rings. The molecule has 1 unspecified atom stereocenters. The number of halogens is 6. The Morgan fingerprint density at radius 3 is 1.90 bits per heavy atom. The van der Waals surface area contributed by atoms with Gasteiger partial charge in [0.05, 0.1) is 16.7 Å². The first-order chi connectivity index (χ1) is 14.0. The molecular formula is C22H30F6O2. The number of carbonyl (C=O) groups excluding carboxylic acids is 1. The maximum absolute atomic E-state index is 13.3. The average molecular weight is 440 g/mol. The van der Waals surface area contributed by atoms with E-state index in [4.69, 9.17) is 4.74 Å². The third-order valence-corrected chi connectivity index (χ3v) is 4.91. The fourth-order valence-electron chi connectivity index (χ4n) is 3.21. The Bertz CT molecular complexity index is 652. The number of alkyl halides is 6. The van der Waals surface area contributed by atoms with E-state index < -0.39 is 41.1 Å². The predicted octanol–water partition coefficient (Wildman–Crippen LogP) is 8.19. The van der Waals surface area contributed by atoms with Crippen LogP contribution in [0, 0.1) is 0 Å². The van der Waals surface area contributed by atoms with Crippen molar-refractivity contribution in [1.29, 1.82) is 0 Å². The van der Waals surface area contributed by atoms with Gasteiger partial charge in [-0.3, -0.25) is 0 Å². The average Bonchev–Trinajstić information content (AvgIpc) is 2.65. The van der Waals surface area contributed by atoms with Crippen molar-refractivity contribution in [3.63, 3.8) is 0 Å². The molecule has 1 aromatic carbocycles. The molecule has 0 aliphatic rings. The lowest BCUT2D eigenvalue weighted by molar-refractivity contribution is -0.141.